The van der Waals surface area contributed by atoms with Crippen LogP contribution in [-0.4, -0.2) is 32.6 Å². The number of benzene rings is 2. The van der Waals surface area contributed by atoms with Crippen LogP contribution < -0.4 is 5.32 Å². The van der Waals surface area contributed by atoms with Crippen molar-refractivity contribution in [2.45, 2.75) is 16.5 Å². The third kappa shape index (κ3) is 5.10. The van der Waals surface area contributed by atoms with Crippen LogP contribution in [0.5, 0.6) is 0 Å². The first-order chi connectivity index (χ1) is 14.7. The normalized spacial score (nSPS) is 10.8. The minimum Gasteiger partial charge on any atom is -0.431 e. The molecule has 2 heterocycles. The number of anilines is 1. The Bertz CT molecular complexity index is 1060. The van der Waals surface area contributed by atoms with E-state index in [9.17, 15) is 4.79 Å². The average molecular weight is 455 g/mol. The summed E-state index contributed by atoms with van der Waals surface area (Å²) >= 11 is 4.22. The average Bonchev–Trinajstić information content (AvgIpc) is 3.41. The fourth-order valence-electron chi connectivity index (χ4n) is 2.66. The second-order valence-electron chi connectivity index (χ2n) is 6.03. The molecule has 0 bridgehead atoms. The number of carbonyl (C=O) groups excluding carboxylic acids is 1. The number of amides is 1. The van der Waals surface area contributed by atoms with E-state index in [1.165, 1.54) is 23.1 Å². The maximum Gasteiger partial charge on any atom is 0.257 e. The van der Waals surface area contributed by atoms with Crippen molar-refractivity contribution in [2.24, 2.45) is 0 Å². The van der Waals surface area contributed by atoms with Crippen molar-refractivity contribution in [3.05, 3.63) is 60.7 Å². The number of aromatic nitrogens is 3. The number of carbonyl (C=O) groups is 1. The molecule has 6 nitrogen and oxygen atoms in total. The van der Waals surface area contributed by atoms with Gasteiger partial charge in [-0.25, -0.2) is 4.98 Å². The molecule has 2 aromatic carbocycles. The molecule has 1 amide bonds. The van der Waals surface area contributed by atoms with Crippen LogP contribution in [0.15, 0.2) is 74.6 Å². The molecule has 0 unspecified atom stereocenters. The Morgan fingerprint density at radius 2 is 1.70 bits per heavy atom. The molecule has 0 radical (unpaired) electrons. The maximum absolute atomic E-state index is 12.3. The monoisotopic (exact) mass is 454 g/mol. The number of hydrogen-bond acceptors (Lipinski definition) is 8. The first-order valence-electron chi connectivity index (χ1n) is 9.23. The highest BCUT2D eigenvalue weighted by atomic mass is 32.2. The van der Waals surface area contributed by atoms with Gasteiger partial charge in [-0.3, -0.25) is 10.1 Å². The van der Waals surface area contributed by atoms with E-state index in [1.807, 2.05) is 67.6 Å². The lowest BCUT2D eigenvalue weighted by molar-refractivity contribution is -0.113. The second-order valence-corrected chi connectivity index (χ2v) is 9.45. The van der Waals surface area contributed by atoms with Gasteiger partial charge in [-0.05, 0) is 5.75 Å². The van der Waals surface area contributed by atoms with Gasteiger partial charge in [-0.2, -0.15) is 0 Å². The number of thioether (sulfide) groups is 2. The zero-order valence-corrected chi connectivity index (χ0v) is 18.5. The van der Waals surface area contributed by atoms with Crippen molar-refractivity contribution in [1.29, 1.82) is 0 Å². The Morgan fingerprint density at radius 3 is 2.40 bits per heavy atom. The molecule has 4 aromatic rings. The van der Waals surface area contributed by atoms with Crippen LogP contribution in [0.2, 0.25) is 0 Å². The predicted molar refractivity (Wildman–Crippen MR) is 123 cm³/mol. The zero-order valence-electron chi connectivity index (χ0n) is 16.1. The molecule has 0 aliphatic heterocycles. The van der Waals surface area contributed by atoms with Gasteiger partial charge < -0.3 is 4.42 Å². The van der Waals surface area contributed by atoms with Gasteiger partial charge in [0.1, 0.15) is 5.69 Å². The van der Waals surface area contributed by atoms with Crippen LogP contribution >= 0.6 is 34.9 Å². The summed E-state index contributed by atoms with van der Waals surface area (Å²) < 4.78 is 6.88. The molecule has 2 aromatic heterocycles. The fourth-order valence-corrected chi connectivity index (χ4v) is 4.95. The number of nitrogens with one attached hydrogen (secondary N) is 1. The van der Waals surface area contributed by atoms with E-state index in [0.717, 1.165) is 26.9 Å². The molecule has 0 fully saturated rings. The molecular formula is C21H18N4O2S3. The van der Waals surface area contributed by atoms with Gasteiger partial charge in [-0.15, -0.1) is 10.2 Å². The Labute approximate surface area is 186 Å². The van der Waals surface area contributed by atoms with Gasteiger partial charge >= 0.3 is 0 Å². The lowest BCUT2D eigenvalue weighted by Gasteiger charge is -2.00. The molecule has 152 valence electrons. The molecule has 9 heteroatoms. The largest absolute Gasteiger partial charge is 0.431 e. The van der Waals surface area contributed by atoms with Gasteiger partial charge in [0.05, 0.1) is 5.75 Å². The Morgan fingerprint density at radius 1 is 1.00 bits per heavy atom. The maximum atomic E-state index is 12.3. The summed E-state index contributed by atoms with van der Waals surface area (Å²) in [6.45, 7) is 2.05. The summed E-state index contributed by atoms with van der Waals surface area (Å²) in [5.74, 6) is 1.59. The van der Waals surface area contributed by atoms with Crippen LogP contribution in [0.25, 0.3) is 22.6 Å². The summed E-state index contributed by atoms with van der Waals surface area (Å²) in [7, 11) is 0. The summed E-state index contributed by atoms with van der Waals surface area (Å²) in [6.07, 6.45) is 0. The molecule has 0 spiro atoms. The quantitative estimate of drug-likeness (QED) is 0.270. The Balaban J connectivity index is 1.49. The molecule has 1 N–H and O–H groups in total. The van der Waals surface area contributed by atoms with E-state index >= 15 is 0 Å². The zero-order chi connectivity index (χ0) is 20.8. The number of oxazole rings is 1. The molecule has 0 saturated heterocycles. The lowest BCUT2D eigenvalue weighted by Crippen LogP contribution is -2.13. The topological polar surface area (TPSA) is 80.9 Å². The third-order valence-corrected chi connectivity index (χ3v) is 6.62. The van der Waals surface area contributed by atoms with E-state index in [1.54, 1.807) is 11.8 Å². The van der Waals surface area contributed by atoms with Crippen molar-refractivity contribution in [3.8, 4) is 22.6 Å². The second kappa shape index (κ2) is 9.92. The molecule has 4 rings (SSSR count). The minimum absolute atomic E-state index is 0.165. The first kappa shape index (κ1) is 20.6. The fraction of sp³-hybridized carbons (Fsp3) is 0.143. The highest BCUT2D eigenvalue weighted by Crippen LogP contribution is 2.35. The summed E-state index contributed by atoms with van der Waals surface area (Å²) in [5.41, 5.74) is 2.66. The molecule has 0 aliphatic carbocycles. The van der Waals surface area contributed by atoms with E-state index in [2.05, 4.69) is 20.5 Å². The minimum atomic E-state index is -0.176. The van der Waals surface area contributed by atoms with Crippen LogP contribution in [0, 0.1) is 0 Å². The number of hydrogen-bond donors (Lipinski definition) is 1. The first-order valence-corrected chi connectivity index (χ1v) is 12.0. The summed E-state index contributed by atoms with van der Waals surface area (Å²) in [6, 6.07) is 19.7. The Hall–Kier alpha value is -2.62. The van der Waals surface area contributed by atoms with Gasteiger partial charge in [0, 0.05) is 11.1 Å². The van der Waals surface area contributed by atoms with E-state index < -0.39 is 0 Å². The SMILES string of the molecule is CCSc1nnc(NC(=O)CSc2nc(-c3ccccc3)c(-c3ccccc3)o2)s1. The van der Waals surface area contributed by atoms with Gasteiger partial charge in [0.15, 0.2) is 10.1 Å². The molecule has 0 aliphatic rings. The molecule has 0 atom stereocenters. The van der Waals surface area contributed by atoms with Crippen molar-refractivity contribution in [1.82, 2.24) is 15.2 Å². The van der Waals surface area contributed by atoms with Crippen LogP contribution in [0.4, 0.5) is 5.13 Å². The highest BCUT2D eigenvalue weighted by molar-refractivity contribution is 8.01. The highest BCUT2D eigenvalue weighted by Gasteiger charge is 2.18. The van der Waals surface area contributed by atoms with E-state index in [0.29, 0.717) is 16.1 Å². The third-order valence-electron chi connectivity index (χ3n) is 3.94. The van der Waals surface area contributed by atoms with E-state index in [-0.39, 0.29) is 11.7 Å². The predicted octanol–water partition coefficient (Wildman–Crippen LogP) is 5.70. The summed E-state index contributed by atoms with van der Waals surface area (Å²) in [5, 5.41) is 11.8. The molecular weight excluding hydrogens is 436 g/mol. The van der Waals surface area contributed by atoms with Crippen LogP contribution in [-0.2, 0) is 4.79 Å². The van der Waals surface area contributed by atoms with Crippen LogP contribution in [0.3, 0.4) is 0 Å². The smallest absolute Gasteiger partial charge is 0.257 e. The van der Waals surface area contributed by atoms with Crippen molar-refractivity contribution >= 4 is 45.9 Å². The number of nitrogens with zero attached hydrogens (tertiary/aromatic N) is 3. The lowest BCUT2D eigenvalue weighted by atomic mass is 10.1. The Kier molecular flexibility index (Phi) is 6.83. The number of rotatable bonds is 8. The van der Waals surface area contributed by atoms with Crippen molar-refractivity contribution < 1.29 is 9.21 Å². The van der Waals surface area contributed by atoms with Crippen LogP contribution in [0.1, 0.15) is 6.92 Å². The van der Waals surface area contributed by atoms with Crippen molar-refractivity contribution in [3.63, 3.8) is 0 Å². The molecule has 0 saturated carbocycles. The molecule has 30 heavy (non-hydrogen) atoms. The van der Waals surface area contributed by atoms with Crippen molar-refractivity contribution in [2.75, 3.05) is 16.8 Å². The standard InChI is InChI=1S/C21H18N4O2S3/c1-2-28-21-25-24-19(30-21)22-16(26)13-29-20-23-17(14-9-5-3-6-10-14)18(27-20)15-11-7-4-8-12-15/h3-12H,2,13H2,1H3,(H,22,24,26). The van der Waals surface area contributed by atoms with E-state index in [4.69, 9.17) is 4.42 Å². The van der Waals surface area contributed by atoms with Gasteiger partial charge in [-0.1, -0.05) is 102 Å². The summed E-state index contributed by atoms with van der Waals surface area (Å²) in [4.78, 5) is 17.0. The van der Waals surface area contributed by atoms with Gasteiger partial charge in [0.2, 0.25) is 11.0 Å². The van der Waals surface area contributed by atoms with Gasteiger partial charge in [0.25, 0.3) is 5.22 Å².